The molecule has 0 heterocycles. The normalized spacial score (nSPS) is 13.9. The van der Waals surface area contributed by atoms with Gasteiger partial charge in [0, 0.05) is 0 Å². The molecule has 0 bridgehead atoms. The monoisotopic (exact) mass is 285 g/mol. The molecule has 0 rings (SSSR count). The average Bonchev–Trinajstić information content (AvgIpc) is 2.29. The van der Waals surface area contributed by atoms with Crippen molar-refractivity contribution in [2.24, 2.45) is 5.73 Å². The fourth-order valence-electron chi connectivity index (χ4n) is 1.64. The van der Waals surface area contributed by atoms with Gasteiger partial charge in [0.25, 0.3) is 0 Å². The largest absolute Gasteiger partial charge is 0.480 e. The molecular formula is C15H27NO4. The van der Waals surface area contributed by atoms with Crippen LogP contribution in [0.5, 0.6) is 0 Å². The molecule has 0 aliphatic heterocycles. The molecular weight excluding hydrogens is 258 g/mol. The summed E-state index contributed by atoms with van der Waals surface area (Å²) in [5, 5.41) is 8.77. The van der Waals surface area contributed by atoms with Gasteiger partial charge in [0.15, 0.2) is 0 Å². The first-order valence-electron chi connectivity index (χ1n) is 7.04. The van der Waals surface area contributed by atoms with Gasteiger partial charge in [0.2, 0.25) is 0 Å². The summed E-state index contributed by atoms with van der Waals surface area (Å²) in [4.78, 5) is 22.5. The maximum absolute atomic E-state index is 11.8. The zero-order chi connectivity index (χ0) is 15.8. The maximum Gasteiger partial charge on any atom is 0.320 e. The lowest BCUT2D eigenvalue weighted by atomic mass is 10.0. The highest BCUT2D eigenvalue weighted by molar-refractivity contribution is 5.74. The lowest BCUT2D eigenvalue weighted by molar-refractivity contribution is -0.153. The van der Waals surface area contributed by atoms with Gasteiger partial charge >= 0.3 is 11.9 Å². The van der Waals surface area contributed by atoms with Crippen LogP contribution in [0.2, 0.25) is 0 Å². The van der Waals surface area contributed by atoms with Gasteiger partial charge in [0.05, 0.1) is 6.42 Å². The van der Waals surface area contributed by atoms with Gasteiger partial charge in [0.1, 0.15) is 11.6 Å². The Morgan fingerprint density at radius 3 is 2.40 bits per heavy atom. The number of aliphatic carboxylic acids is 1. The van der Waals surface area contributed by atoms with Crippen LogP contribution in [0.3, 0.4) is 0 Å². The summed E-state index contributed by atoms with van der Waals surface area (Å²) in [5.74, 6) is -1.30. The average molecular weight is 285 g/mol. The minimum absolute atomic E-state index is 0.198. The Morgan fingerprint density at radius 1 is 1.35 bits per heavy atom. The van der Waals surface area contributed by atoms with Gasteiger partial charge in [-0.15, -0.1) is 0 Å². The van der Waals surface area contributed by atoms with Crippen molar-refractivity contribution in [2.45, 2.75) is 71.4 Å². The Balaban J connectivity index is 4.50. The van der Waals surface area contributed by atoms with Crippen molar-refractivity contribution in [1.29, 1.82) is 0 Å². The van der Waals surface area contributed by atoms with Crippen LogP contribution in [-0.4, -0.2) is 28.7 Å². The molecule has 0 aromatic carbocycles. The molecule has 0 saturated heterocycles. The van der Waals surface area contributed by atoms with E-state index in [-0.39, 0.29) is 12.4 Å². The number of ether oxygens (including phenoxy) is 1. The van der Waals surface area contributed by atoms with Gasteiger partial charge in [-0.05, 0) is 40.0 Å². The van der Waals surface area contributed by atoms with Crippen molar-refractivity contribution in [2.75, 3.05) is 0 Å². The number of rotatable bonds is 8. The highest BCUT2D eigenvalue weighted by Crippen LogP contribution is 2.17. The van der Waals surface area contributed by atoms with Crippen LogP contribution in [0.1, 0.15) is 59.8 Å². The molecule has 0 saturated carbocycles. The zero-order valence-electron chi connectivity index (χ0n) is 12.9. The van der Waals surface area contributed by atoms with E-state index in [0.717, 1.165) is 18.4 Å². The second-order valence-electron chi connectivity index (χ2n) is 5.90. The molecule has 5 nitrogen and oxygen atoms in total. The lowest BCUT2D eigenvalue weighted by Crippen LogP contribution is -2.30. The number of esters is 1. The van der Waals surface area contributed by atoms with Crippen LogP contribution >= 0.6 is 0 Å². The van der Waals surface area contributed by atoms with E-state index in [9.17, 15) is 9.59 Å². The number of carbonyl (C=O) groups excluding carboxylic acids is 1. The summed E-state index contributed by atoms with van der Waals surface area (Å²) >= 11 is 0. The molecule has 20 heavy (non-hydrogen) atoms. The Hall–Kier alpha value is -1.36. The first-order valence-corrected chi connectivity index (χ1v) is 7.04. The number of nitrogens with two attached hydrogens (primary N) is 1. The van der Waals surface area contributed by atoms with Crippen molar-refractivity contribution in [1.82, 2.24) is 0 Å². The van der Waals surface area contributed by atoms with Crippen molar-refractivity contribution in [3.05, 3.63) is 11.6 Å². The first-order chi connectivity index (χ1) is 9.15. The second-order valence-corrected chi connectivity index (χ2v) is 5.90. The summed E-state index contributed by atoms with van der Waals surface area (Å²) in [5.41, 5.74) is 5.87. The van der Waals surface area contributed by atoms with Crippen LogP contribution in [0.15, 0.2) is 11.6 Å². The third-order valence-corrected chi connectivity index (χ3v) is 2.61. The fraction of sp³-hybridized carbons (Fsp3) is 0.733. The Bertz CT molecular complexity index is 355. The van der Waals surface area contributed by atoms with Crippen molar-refractivity contribution in [3.8, 4) is 0 Å². The molecule has 0 aromatic rings. The van der Waals surface area contributed by atoms with Crippen molar-refractivity contribution < 1.29 is 19.4 Å². The second kappa shape index (κ2) is 8.74. The number of hydrogen-bond acceptors (Lipinski definition) is 4. The van der Waals surface area contributed by atoms with E-state index >= 15 is 0 Å². The molecule has 116 valence electrons. The van der Waals surface area contributed by atoms with Gasteiger partial charge in [-0.25, -0.2) is 0 Å². The molecule has 0 aromatic heterocycles. The summed E-state index contributed by atoms with van der Waals surface area (Å²) < 4.78 is 5.28. The standard InChI is InChI=1S/C15H27NO4/c1-5-6-7-11(8-9-12(16)14(18)19)10-13(17)20-15(2,3)4/h7,12H,5-6,8-10,16H2,1-4H3,(H,18,19)/b11-7+. The van der Waals surface area contributed by atoms with Crippen molar-refractivity contribution >= 4 is 11.9 Å². The zero-order valence-corrected chi connectivity index (χ0v) is 12.9. The first kappa shape index (κ1) is 18.6. The summed E-state index contributed by atoms with van der Waals surface area (Å²) in [6, 6.07) is -0.890. The van der Waals surface area contributed by atoms with Crippen LogP contribution in [-0.2, 0) is 14.3 Å². The van der Waals surface area contributed by atoms with Crippen molar-refractivity contribution in [3.63, 3.8) is 0 Å². The molecule has 0 aliphatic rings. The molecule has 3 N–H and O–H groups in total. The van der Waals surface area contributed by atoms with Gasteiger partial charge in [-0.1, -0.05) is 25.0 Å². The number of carboxylic acid groups (broad SMARTS) is 1. The Kier molecular flexibility index (Phi) is 8.15. The van der Waals surface area contributed by atoms with Gasteiger partial charge < -0.3 is 15.6 Å². The smallest absolute Gasteiger partial charge is 0.320 e. The minimum atomic E-state index is -1.02. The van der Waals surface area contributed by atoms with E-state index in [4.69, 9.17) is 15.6 Å². The van der Waals surface area contributed by atoms with Crippen LogP contribution in [0.25, 0.3) is 0 Å². The highest BCUT2D eigenvalue weighted by Gasteiger charge is 2.18. The molecule has 5 heteroatoms. The Labute approximate surface area is 121 Å². The van der Waals surface area contributed by atoms with Gasteiger partial charge in [-0.2, -0.15) is 0 Å². The summed E-state index contributed by atoms with van der Waals surface area (Å²) in [7, 11) is 0. The molecule has 0 fully saturated rings. The molecule has 0 amide bonds. The number of hydrogen-bond donors (Lipinski definition) is 2. The summed E-state index contributed by atoms with van der Waals surface area (Å²) in [6.07, 6.45) is 4.85. The van der Waals surface area contributed by atoms with Crippen LogP contribution < -0.4 is 5.73 Å². The van der Waals surface area contributed by atoms with E-state index in [0.29, 0.717) is 12.8 Å². The SMILES string of the molecule is CCC/C=C(\CCC(N)C(=O)O)CC(=O)OC(C)(C)C. The quantitative estimate of drug-likeness (QED) is 0.528. The van der Waals surface area contributed by atoms with E-state index in [1.807, 2.05) is 33.8 Å². The number of unbranched alkanes of at least 4 members (excludes halogenated alkanes) is 1. The third kappa shape index (κ3) is 9.55. The van der Waals surface area contributed by atoms with Crippen LogP contribution in [0.4, 0.5) is 0 Å². The van der Waals surface area contributed by atoms with E-state index in [1.165, 1.54) is 0 Å². The van der Waals surface area contributed by atoms with Crippen LogP contribution in [0, 0.1) is 0 Å². The lowest BCUT2D eigenvalue weighted by Gasteiger charge is -2.20. The molecule has 0 spiro atoms. The van der Waals surface area contributed by atoms with E-state index in [1.54, 1.807) is 0 Å². The number of allylic oxidation sites excluding steroid dienone is 1. The minimum Gasteiger partial charge on any atom is -0.480 e. The molecule has 1 atom stereocenters. The topological polar surface area (TPSA) is 89.6 Å². The predicted octanol–water partition coefficient (Wildman–Crippen LogP) is 2.64. The predicted molar refractivity (Wildman–Crippen MR) is 78.3 cm³/mol. The number of carboxylic acids is 1. The number of carbonyl (C=O) groups is 2. The van der Waals surface area contributed by atoms with Gasteiger partial charge in [-0.3, -0.25) is 9.59 Å². The highest BCUT2D eigenvalue weighted by atomic mass is 16.6. The Morgan fingerprint density at radius 2 is 1.95 bits per heavy atom. The molecule has 0 radical (unpaired) electrons. The molecule has 0 aliphatic carbocycles. The molecule has 1 unspecified atom stereocenters. The maximum atomic E-state index is 11.8. The summed E-state index contributed by atoms with van der Waals surface area (Å²) in [6.45, 7) is 7.51. The fourth-order valence-corrected chi connectivity index (χ4v) is 1.64. The van der Waals surface area contributed by atoms with E-state index in [2.05, 4.69) is 0 Å². The third-order valence-electron chi connectivity index (χ3n) is 2.61. The van der Waals surface area contributed by atoms with E-state index < -0.39 is 17.6 Å².